The Kier molecular flexibility index (Phi) is 2.65. The van der Waals surface area contributed by atoms with Crippen molar-refractivity contribution in [2.24, 2.45) is 7.05 Å². The lowest BCUT2D eigenvalue weighted by atomic mass is 10.4. The van der Waals surface area contributed by atoms with E-state index in [4.69, 9.17) is 5.11 Å². The topological polar surface area (TPSA) is 100 Å². The predicted molar refractivity (Wildman–Crippen MR) is 58.9 cm³/mol. The molecule has 0 aliphatic heterocycles. The molecule has 1 amide bonds. The number of hydrogen-bond acceptors (Lipinski definition) is 3. The van der Waals surface area contributed by atoms with Crippen molar-refractivity contribution < 1.29 is 14.7 Å². The van der Waals surface area contributed by atoms with Gasteiger partial charge in [0.15, 0.2) is 5.82 Å². The number of H-pyrrole nitrogens is 1. The van der Waals surface area contributed by atoms with Gasteiger partial charge in [-0.1, -0.05) is 0 Å². The first-order valence-electron chi connectivity index (χ1n) is 4.79. The zero-order valence-corrected chi connectivity index (χ0v) is 8.97. The number of carbonyl (C=O) groups excluding carboxylic acids is 1. The quantitative estimate of drug-likeness (QED) is 0.727. The maximum absolute atomic E-state index is 11.7. The molecule has 2 aromatic heterocycles. The molecule has 2 aromatic rings. The highest BCUT2D eigenvalue weighted by Gasteiger charge is 2.12. The molecule has 0 atom stereocenters. The largest absolute Gasteiger partial charge is 0.477 e. The van der Waals surface area contributed by atoms with E-state index in [-0.39, 0.29) is 17.4 Å². The zero-order valence-electron chi connectivity index (χ0n) is 8.97. The predicted octanol–water partition coefficient (Wildman–Crippen LogP) is 0.699. The molecule has 0 fully saturated rings. The van der Waals surface area contributed by atoms with Crippen LogP contribution in [0.1, 0.15) is 21.0 Å². The number of anilines is 1. The molecule has 0 radical (unpaired) electrons. The number of carboxylic acid groups (broad SMARTS) is 1. The van der Waals surface area contributed by atoms with Crippen molar-refractivity contribution in [3.63, 3.8) is 0 Å². The number of rotatable bonds is 3. The number of nitrogens with zero attached hydrogens (tertiary/aromatic N) is 2. The summed E-state index contributed by atoms with van der Waals surface area (Å²) < 4.78 is 1.65. The Balaban J connectivity index is 2.13. The maximum atomic E-state index is 11.7. The minimum absolute atomic E-state index is 0.0767. The molecule has 2 heterocycles. The molecule has 3 N–H and O–H groups in total. The number of carbonyl (C=O) groups is 2. The molecule has 0 aliphatic rings. The number of carboxylic acids is 1. The van der Waals surface area contributed by atoms with Gasteiger partial charge in [0, 0.05) is 19.3 Å². The molecule has 7 heteroatoms. The summed E-state index contributed by atoms with van der Waals surface area (Å²) in [5.74, 6) is -1.30. The van der Waals surface area contributed by atoms with Crippen molar-refractivity contribution in [2.45, 2.75) is 0 Å². The third-order valence-corrected chi connectivity index (χ3v) is 2.23. The van der Waals surface area contributed by atoms with Crippen LogP contribution in [-0.4, -0.2) is 31.7 Å². The molecule has 17 heavy (non-hydrogen) atoms. The van der Waals surface area contributed by atoms with E-state index in [1.807, 2.05) is 0 Å². The lowest BCUT2D eigenvalue weighted by Gasteiger charge is -2.02. The summed E-state index contributed by atoms with van der Waals surface area (Å²) in [7, 11) is 1.74. The van der Waals surface area contributed by atoms with E-state index in [2.05, 4.69) is 15.5 Å². The van der Waals surface area contributed by atoms with Crippen LogP contribution >= 0.6 is 0 Å². The zero-order chi connectivity index (χ0) is 12.4. The van der Waals surface area contributed by atoms with Crippen molar-refractivity contribution in [1.29, 1.82) is 0 Å². The second kappa shape index (κ2) is 4.12. The Labute approximate surface area is 96.1 Å². The van der Waals surface area contributed by atoms with Crippen molar-refractivity contribution in [3.05, 3.63) is 35.8 Å². The SMILES string of the molecule is Cn1cccc1C(=O)Nc1cc(C(=O)O)[nH]n1. The summed E-state index contributed by atoms with van der Waals surface area (Å²) in [6, 6.07) is 4.64. The van der Waals surface area contributed by atoms with Crippen LogP contribution in [0.5, 0.6) is 0 Å². The molecular weight excluding hydrogens is 224 g/mol. The monoisotopic (exact) mass is 234 g/mol. The van der Waals surface area contributed by atoms with Crippen molar-refractivity contribution in [2.75, 3.05) is 5.32 Å². The number of aryl methyl sites for hydroxylation is 1. The third kappa shape index (κ3) is 2.17. The highest BCUT2D eigenvalue weighted by atomic mass is 16.4. The van der Waals surface area contributed by atoms with E-state index in [1.165, 1.54) is 6.07 Å². The summed E-state index contributed by atoms with van der Waals surface area (Å²) in [5, 5.41) is 17.1. The van der Waals surface area contributed by atoms with E-state index >= 15 is 0 Å². The molecule has 0 saturated carbocycles. The van der Waals surface area contributed by atoms with Gasteiger partial charge in [-0.05, 0) is 12.1 Å². The molecular formula is C10H10N4O3. The van der Waals surface area contributed by atoms with E-state index in [1.54, 1.807) is 29.9 Å². The number of hydrogen-bond donors (Lipinski definition) is 3. The van der Waals surface area contributed by atoms with E-state index in [0.29, 0.717) is 5.69 Å². The van der Waals surface area contributed by atoms with Crippen LogP contribution in [0, 0.1) is 0 Å². The average molecular weight is 234 g/mol. The minimum atomic E-state index is -1.13. The van der Waals surface area contributed by atoms with Crippen LogP contribution in [0.3, 0.4) is 0 Å². The molecule has 7 nitrogen and oxygen atoms in total. The van der Waals surface area contributed by atoms with Gasteiger partial charge in [-0.3, -0.25) is 9.89 Å². The first-order valence-corrected chi connectivity index (χ1v) is 4.79. The Morgan fingerprint density at radius 1 is 1.53 bits per heavy atom. The number of nitrogens with one attached hydrogen (secondary N) is 2. The summed E-state index contributed by atoms with van der Waals surface area (Å²) in [4.78, 5) is 22.3. The number of aromatic amines is 1. The molecule has 88 valence electrons. The van der Waals surface area contributed by atoms with Gasteiger partial charge < -0.3 is 15.0 Å². The van der Waals surface area contributed by atoms with Crippen LogP contribution < -0.4 is 5.32 Å². The number of amides is 1. The molecule has 0 spiro atoms. The van der Waals surface area contributed by atoms with Crippen molar-refractivity contribution in [3.8, 4) is 0 Å². The van der Waals surface area contributed by atoms with Gasteiger partial charge in [0.25, 0.3) is 5.91 Å². The Bertz CT molecular complexity index is 570. The fourth-order valence-electron chi connectivity index (χ4n) is 1.37. The van der Waals surface area contributed by atoms with Crippen LogP contribution in [0.15, 0.2) is 24.4 Å². The Hall–Kier alpha value is -2.57. The average Bonchev–Trinajstić information content (AvgIpc) is 2.86. The molecule has 0 aromatic carbocycles. The highest BCUT2D eigenvalue weighted by molar-refractivity contribution is 6.03. The van der Waals surface area contributed by atoms with E-state index in [0.717, 1.165) is 0 Å². The molecule has 0 aliphatic carbocycles. The fourth-order valence-corrected chi connectivity index (χ4v) is 1.37. The van der Waals surface area contributed by atoms with Gasteiger partial charge in [0.2, 0.25) is 0 Å². The van der Waals surface area contributed by atoms with Crippen LogP contribution in [0.4, 0.5) is 5.82 Å². The fraction of sp³-hybridized carbons (Fsp3) is 0.100. The first-order chi connectivity index (χ1) is 8.08. The number of aromatic nitrogens is 3. The van der Waals surface area contributed by atoms with Gasteiger partial charge in [-0.2, -0.15) is 5.10 Å². The second-order valence-corrected chi connectivity index (χ2v) is 3.43. The molecule has 0 saturated heterocycles. The van der Waals surface area contributed by atoms with Crippen LogP contribution in [-0.2, 0) is 7.05 Å². The summed E-state index contributed by atoms with van der Waals surface area (Å²) >= 11 is 0. The van der Waals surface area contributed by atoms with E-state index < -0.39 is 5.97 Å². The van der Waals surface area contributed by atoms with Crippen molar-refractivity contribution >= 4 is 17.7 Å². The Morgan fingerprint density at radius 2 is 2.29 bits per heavy atom. The van der Waals surface area contributed by atoms with Crippen LogP contribution in [0.2, 0.25) is 0 Å². The van der Waals surface area contributed by atoms with E-state index in [9.17, 15) is 9.59 Å². The molecule has 0 bridgehead atoms. The minimum Gasteiger partial charge on any atom is -0.477 e. The first kappa shape index (κ1) is 10.9. The highest BCUT2D eigenvalue weighted by Crippen LogP contribution is 2.08. The van der Waals surface area contributed by atoms with Crippen LogP contribution in [0.25, 0.3) is 0 Å². The van der Waals surface area contributed by atoms with Gasteiger partial charge >= 0.3 is 5.97 Å². The Morgan fingerprint density at radius 3 is 2.82 bits per heavy atom. The normalized spacial score (nSPS) is 10.2. The van der Waals surface area contributed by atoms with Crippen molar-refractivity contribution in [1.82, 2.24) is 14.8 Å². The van der Waals surface area contributed by atoms with Gasteiger partial charge in [-0.15, -0.1) is 0 Å². The summed E-state index contributed by atoms with van der Waals surface area (Å²) in [5.41, 5.74) is 0.386. The van der Waals surface area contributed by atoms with Gasteiger partial charge in [-0.25, -0.2) is 4.79 Å². The second-order valence-electron chi connectivity index (χ2n) is 3.43. The lowest BCUT2D eigenvalue weighted by Crippen LogP contribution is -2.15. The van der Waals surface area contributed by atoms with Gasteiger partial charge in [0.05, 0.1) is 0 Å². The standard InChI is InChI=1S/C10H10N4O3/c1-14-4-2-3-7(14)9(15)11-8-5-6(10(16)17)12-13-8/h2-5H,1H3,(H,16,17)(H2,11,12,13,15). The van der Waals surface area contributed by atoms with Gasteiger partial charge in [0.1, 0.15) is 11.4 Å². The third-order valence-electron chi connectivity index (χ3n) is 2.23. The molecule has 2 rings (SSSR count). The smallest absolute Gasteiger partial charge is 0.353 e. The summed E-state index contributed by atoms with van der Waals surface area (Å²) in [6.07, 6.45) is 1.74. The number of aromatic carboxylic acids is 1. The maximum Gasteiger partial charge on any atom is 0.353 e. The lowest BCUT2D eigenvalue weighted by molar-refractivity contribution is 0.0690. The molecule has 0 unspecified atom stereocenters. The summed E-state index contributed by atoms with van der Waals surface area (Å²) in [6.45, 7) is 0.